The molecule has 0 radical (unpaired) electrons. The molecule has 2 aromatic heterocycles. The van der Waals surface area contributed by atoms with E-state index in [1.165, 1.54) is 5.56 Å². The van der Waals surface area contributed by atoms with Crippen LogP contribution in [0.25, 0.3) is 33.4 Å². The Kier molecular flexibility index (Phi) is 3.69. The maximum Gasteiger partial charge on any atom is 0.192 e. The Morgan fingerprint density at radius 3 is 2.40 bits per heavy atom. The number of aryl methyl sites for hydroxylation is 1. The van der Waals surface area contributed by atoms with E-state index in [0.29, 0.717) is 10.9 Å². The quantitative estimate of drug-likeness (QED) is 0.571. The summed E-state index contributed by atoms with van der Waals surface area (Å²) in [4.78, 5) is 20.6. The van der Waals surface area contributed by atoms with Crippen molar-refractivity contribution in [2.24, 2.45) is 0 Å². The molecule has 0 unspecified atom stereocenters. The molecule has 122 valence electrons. The number of aromatic nitrogens is 2. The minimum absolute atomic E-state index is 0.0623. The minimum Gasteiger partial charge on any atom is -0.354 e. The summed E-state index contributed by atoms with van der Waals surface area (Å²) in [6.07, 6.45) is 1.83. The van der Waals surface area contributed by atoms with Crippen molar-refractivity contribution < 1.29 is 0 Å². The number of H-pyrrole nitrogens is 1. The number of hydrogen-bond donors (Lipinski definition) is 1. The minimum atomic E-state index is 0.0623. The van der Waals surface area contributed by atoms with Crippen LogP contribution in [0.3, 0.4) is 0 Å². The molecular formula is C22H18N2O. The standard InChI is InChI=1S/C22H18N2O/c1-14-7-3-4-8-17(14)19-12-11-16(13-23-19)21-15(2)22(25)18-9-5-6-10-20(18)24-21/h3-13H,1-2H3,(H,24,25). The van der Waals surface area contributed by atoms with Gasteiger partial charge in [0.25, 0.3) is 0 Å². The van der Waals surface area contributed by atoms with Gasteiger partial charge in [-0.2, -0.15) is 0 Å². The molecule has 3 nitrogen and oxygen atoms in total. The number of hydrogen-bond acceptors (Lipinski definition) is 2. The zero-order valence-corrected chi connectivity index (χ0v) is 14.2. The average molecular weight is 326 g/mol. The summed E-state index contributed by atoms with van der Waals surface area (Å²) in [6, 6.07) is 19.8. The van der Waals surface area contributed by atoms with E-state index in [4.69, 9.17) is 0 Å². The number of nitrogens with one attached hydrogen (secondary N) is 1. The molecule has 0 spiro atoms. The van der Waals surface area contributed by atoms with E-state index >= 15 is 0 Å². The van der Waals surface area contributed by atoms with Crippen LogP contribution in [-0.2, 0) is 0 Å². The Morgan fingerprint density at radius 1 is 0.880 bits per heavy atom. The molecule has 0 amide bonds. The van der Waals surface area contributed by atoms with Crippen molar-refractivity contribution in [2.75, 3.05) is 0 Å². The van der Waals surface area contributed by atoms with Crippen molar-refractivity contribution in [1.82, 2.24) is 9.97 Å². The van der Waals surface area contributed by atoms with Crippen molar-refractivity contribution >= 4 is 10.9 Å². The lowest BCUT2D eigenvalue weighted by atomic mass is 10.0. The van der Waals surface area contributed by atoms with E-state index < -0.39 is 0 Å². The second-order valence-electron chi connectivity index (χ2n) is 6.25. The van der Waals surface area contributed by atoms with Crippen LogP contribution in [-0.4, -0.2) is 9.97 Å². The fourth-order valence-electron chi connectivity index (χ4n) is 3.18. The van der Waals surface area contributed by atoms with Gasteiger partial charge in [0.15, 0.2) is 5.43 Å². The highest BCUT2D eigenvalue weighted by Gasteiger charge is 2.11. The maximum atomic E-state index is 12.6. The van der Waals surface area contributed by atoms with Crippen LogP contribution in [0.4, 0.5) is 0 Å². The first kappa shape index (κ1) is 15.3. The van der Waals surface area contributed by atoms with Crippen molar-refractivity contribution in [3.8, 4) is 22.5 Å². The summed E-state index contributed by atoms with van der Waals surface area (Å²) in [6.45, 7) is 3.94. The van der Waals surface area contributed by atoms with E-state index in [-0.39, 0.29) is 5.43 Å². The van der Waals surface area contributed by atoms with Crippen LogP contribution in [0.2, 0.25) is 0 Å². The molecule has 0 aliphatic rings. The van der Waals surface area contributed by atoms with Gasteiger partial charge in [-0.1, -0.05) is 36.4 Å². The Balaban J connectivity index is 1.84. The summed E-state index contributed by atoms with van der Waals surface area (Å²) in [7, 11) is 0. The van der Waals surface area contributed by atoms with Gasteiger partial charge in [-0.25, -0.2) is 0 Å². The van der Waals surface area contributed by atoms with Crippen molar-refractivity contribution in [2.45, 2.75) is 13.8 Å². The Morgan fingerprint density at radius 2 is 1.64 bits per heavy atom. The smallest absolute Gasteiger partial charge is 0.192 e. The highest BCUT2D eigenvalue weighted by Crippen LogP contribution is 2.25. The van der Waals surface area contributed by atoms with Gasteiger partial charge in [0.1, 0.15) is 0 Å². The molecule has 0 aliphatic carbocycles. The number of nitrogens with zero attached hydrogens (tertiary/aromatic N) is 1. The number of fused-ring (bicyclic) bond motifs is 1. The molecule has 4 aromatic rings. The second kappa shape index (κ2) is 6.02. The van der Waals surface area contributed by atoms with Crippen LogP contribution in [0.5, 0.6) is 0 Å². The first-order chi connectivity index (χ1) is 12.1. The number of aromatic amines is 1. The van der Waals surface area contributed by atoms with Crippen LogP contribution in [0.15, 0.2) is 71.7 Å². The fourth-order valence-corrected chi connectivity index (χ4v) is 3.18. The lowest BCUT2D eigenvalue weighted by Crippen LogP contribution is -2.09. The fraction of sp³-hybridized carbons (Fsp3) is 0.0909. The lowest BCUT2D eigenvalue weighted by Gasteiger charge is -2.10. The maximum absolute atomic E-state index is 12.6. The van der Waals surface area contributed by atoms with Crippen molar-refractivity contribution in [1.29, 1.82) is 0 Å². The lowest BCUT2D eigenvalue weighted by molar-refractivity contribution is 1.26. The van der Waals surface area contributed by atoms with Crippen LogP contribution in [0, 0.1) is 13.8 Å². The van der Waals surface area contributed by atoms with Crippen molar-refractivity contribution in [3.05, 3.63) is 88.2 Å². The molecule has 0 bridgehead atoms. The third-order valence-electron chi connectivity index (χ3n) is 4.62. The molecule has 0 saturated carbocycles. The Bertz CT molecular complexity index is 1120. The number of para-hydroxylation sites is 1. The Labute approximate surface area is 146 Å². The van der Waals surface area contributed by atoms with Crippen LogP contribution >= 0.6 is 0 Å². The highest BCUT2D eigenvalue weighted by molar-refractivity contribution is 5.83. The molecule has 0 atom stereocenters. The molecular weight excluding hydrogens is 308 g/mol. The third-order valence-corrected chi connectivity index (χ3v) is 4.62. The van der Waals surface area contributed by atoms with Crippen LogP contribution in [0.1, 0.15) is 11.1 Å². The third kappa shape index (κ3) is 2.64. The predicted molar refractivity (Wildman–Crippen MR) is 103 cm³/mol. The van der Waals surface area contributed by atoms with Gasteiger partial charge in [0.05, 0.1) is 11.4 Å². The average Bonchev–Trinajstić information content (AvgIpc) is 2.65. The summed E-state index contributed by atoms with van der Waals surface area (Å²) < 4.78 is 0. The number of rotatable bonds is 2. The largest absolute Gasteiger partial charge is 0.354 e. The van der Waals surface area contributed by atoms with E-state index in [9.17, 15) is 4.79 Å². The van der Waals surface area contributed by atoms with E-state index in [1.807, 2.05) is 61.7 Å². The van der Waals surface area contributed by atoms with Gasteiger partial charge < -0.3 is 4.98 Å². The van der Waals surface area contributed by atoms with Gasteiger partial charge in [-0.15, -0.1) is 0 Å². The monoisotopic (exact) mass is 326 g/mol. The van der Waals surface area contributed by atoms with Gasteiger partial charge in [-0.05, 0) is 43.7 Å². The van der Waals surface area contributed by atoms with Crippen molar-refractivity contribution in [3.63, 3.8) is 0 Å². The molecule has 4 rings (SSSR count). The van der Waals surface area contributed by atoms with E-state index in [0.717, 1.165) is 28.0 Å². The zero-order chi connectivity index (χ0) is 17.4. The molecule has 2 heterocycles. The number of benzene rings is 2. The highest BCUT2D eigenvalue weighted by atomic mass is 16.1. The Hall–Kier alpha value is -3.20. The summed E-state index contributed by atoms with van der Waals surface area (Å²) >= 11 is 0. The molecule has 3 heteroatoms. The van der Waals surface area contributed by atoms with Crippen LogP contribution < -0.4 is 5.43 Å². The van der Waals surface area contributed by atoms with Gasteiger partial charge in [-0.3, -0.25) is 9.78 Å². The molecule has 0 aliphatic heterocycles. The molecule has 1 N–H and O–H groups in total. The van der Waals surface area contributed by atoms with E-state index in [1.54, 1.807) is 0 Å². The SMILES string of the molecule is Cc1ccccc1-c1ccc(-c2[nH]c3ccccc3c(=O)c2C)cn1. The molecule has 0 saturated heterocycles. The van der Waals surface area contributed by atoms with Gasteiger partial charge in [0.2, 0.25) is 0 Å². The molecule has 0 fully saturated rings. The summed E-state index contributed by atoms with van der Waals surface area (Å²) in [5, 5.41) is 0.716. The normalized spacial score (nSPS) is 11.0. The first-order valence-corrected chi connectivity index (χ1v) is 8.29. The predicted octanol–water partition coefficient (Wildman–Crippen LogP) is 4.87. The second-order valence-corrected chi connectivity index (χ2v) is 6.25. The first-order valence-electron chi connectivity index (χ1n) is 8.29. The molecule has 2 aromatic carbocycles. The summed E-state index contributed by atoms with van der Waals surface area (Å²) in [5.41, 5.74) is 6.61. The van der Waals surface area contributed by atoms with Gasteiger partial charge in [0, 0.05) is 33.8 Å². The van der Waals surface area contributed by atoms with E-state index in [2.05, 4.69) is 29.0 Å². The number of pyridine rings is 2. The summed E-state index contributed by atoms with van der Waals surface area (Å²) in [5.74, 6) is 0. The topological polar surface area (TPSA) is 45.8 Å². The molecule has 25 heavy (non-hydrogen) atoms. The zero-order valence-electron chi connectivity index (χ0n) is 14.2. The van der Waals surface area contributed by atoms with Gasteiger partial charge >= 0.3 is 0 Å².